The first kappa shape index (κ1) is 21.1. The third-order valence-electron chi connectivity index (χ3n) is 5.41. The maximum atomic E-state index is 11.7. The molecule has 148 valence electrons. The van der Waals surface area contributed by atoms with Crippen LogP contribution in [0.4, 0.5) is 0 Å². The molecule has 2 saturated carbocycles. The van der Waals surface area contributed by atoms with E-state index >= 15 is 0 Å². The van der Waals surface area contributed by atoms with Crippen molar-refractivity contribution in [3.05, 3.63) is 0 Å². The van der Waals surface area contributed by atoms with Gasteiger partial charge in [0.2, 0.25) is 0 Å². The lowest BCUT2D eigenvalue weighted by molar-refractivity contribution is 0.0325. The Labute approximate surface area is 152 Å². The van der Waals surface area contributed by atoms with E-state index in [4.69, 9.17) is 8.37 Å². The monoisotopic (exact) mass is 396 g/mol. The lowest BCUT2D eigenvalue weighted by atomic mass is 9.79. The van der Waals surface area contributed by atoms with Gasteiger partial charge in [-0.25, -0.2) is 0 Å². The smallest absolute Gasteiger partial charge is 0.264 e. The molecule has 8 heteroatoms. The fourth-order valence-corrected chi connectivity index (χ4v) is 5.68. The third kappa shape index (κ3) is 7.93. The highest BCUT2D eigenvalue weighted by molar-refractivity contribution is 7.86. The van der Waals surface area contributed by atoms with Gasteiger partial charge in [-0.05, 0) is 37.5 Å². The average Bonchev–Trinajstić information content (AvgIpc) is 2.53. The van der Waals surface area contributed by atoms with Gasteiger partial charge in [0.1, 0.15) is 0 Å². The summed E-state index contributed by atoms with van der Waals surface area (Å²) < 4.78 is 57.8. The highest BCUT2D eigenvalue weighted by atomic mass is 32.2. The quantitative estimate of drug-likeness (QED) is 0.586. The minimum atomic E-state index is -3.60. The maximum Gasteiger partial charge on any atom is 0.264 e. The summed E-state index contributed by atoms with van der Waals surface area (Å²) in [6.45, 7) is 0. The first-order chi connectivity index (χ1) is 11.6. The highest BCUT2D eigenvalue weighted by Crippen LogP contribution is 2.36. The van der Waals surface area contributed by atoms with Crippen molar-refractivity contribution in [2.45, 2.75) is 82.8 Å². The van der Waals surface area contributed by atoms with Crippen molar-refractivity contribution in [2.75, 3.05) is 12.5 Å². The van der Waals surface area contributed by atoms with Crippen molar-refractivity contribution in [3.8, 4) is 0 Å². The molecule has 0 aromatic rings. The van der Waals surface area contributed by atoms with Crippen LogP contribution < -0.4 is 0 Å². The Morgan fingerprint density at radius 2 is 1.00 bits per heavy atom. The molecule has 0 saturated heterocycles. The third-order valence-corrected chi connectivity index (χ3v) is 6.61. The van der Waals surface area contributed by atoms with Crippen molar-refractivity contribution < 1.29 is 25.2 Å². The molecule has 0 spiro atoms. The molecular weight excluding hydrogens is 364 g/mol. The van der Waals surface area contributed by atoms with Crippen molar-refractivity contribution in [1.29, 1.82) is 0 Å². The zero-order valence-corrected chi connectivity index (χ0v) is 17.0. The first-order valence-corrected chi connectivity index (χ1v) is 13.0. The minimum Gasteiger partial charge on any atom is -0.267 e. The van der Waals surface area contributed by atoms with Crippen LogP contribution >= 0.6 is 0 Å². The normalized spacial score (nSPS) is 24.1. The summed E-state index contributed by atoms with van der Waals surface area (Å²) in [6.07, 6.45) is 11.8. The number of hydrogen-bond donors (Lipinski definition) is 0. The zero-order chi connectivity index (χ0) is 18.5. The fourth-order valence-electron chi connectivity index (χ4n) is 4.31. The van der Waals surface area contributed by atoms with Gasteiger partial charge in [-0.15, -0.1) is 0 Å². The maximum absolute atomic E-state index is 11.7. The van der Waals surface area contributed by atoms with Gasteiger partial charge in [0, 0.05) is 6.42 Å². The lowest BCUT2D eigenvalue weighted by Crippen LogP contribution is -2.37. The van der Waals surface area contributed by atoms with E-state index < -0.39 is 32.4 Å². The summed E-state index contributed by atoms with van der Waals surface area (Å²) in [5.74, 6) is 0.301. The summed E-state index contributed by atoms with van der Waals surface area (Å²) in [7, 11) is -7.20. The van der Waals surface area contributed by atoms with E-state index in [-0.39, 0.29) is 11.8 Å². The summed E-state index contributed by atoms with van der Waals surface area (Å²) in [5, 5.41) is 0. The van der Waals surface area contributed by atoms with Crippen LogP contribution in [0.1, 0.15) is 70.6 Å². The van der Waals surface area contributed by atoms with E-state index in [0.717, 1.165) is 76.7 Å². The second-order valence-electron chi connectivity index (χ2n) is 7.71. The molecule has 2 rings (SSSR count). The van der Waals surface area contributed by atoms with Gasteiger partial charge in [-0.2, -0.15) is 16.8 Å². The molecule has 0 aromatic carbocycles. The molecule has 0 heterocycles. The number of rotatable bonds is 8. The van der Waals surface area contributed by atoms with Crippen LogP contribution in [0.5, 0.6) is 0 Å². The van der Waals surface area contributed by atoms with Gasteiger partial charge in [0.15, 0.2) is 0 Å². The Morgan fingerprint density at radius 1 is 0.680 bits per heavy atom. The molecular formula is C17H32O6S2. The lowest BCUT2D eigenvalue weighted by Gasteiger charge is -2.35. The summed E-state index contributed by atoms with van der Waals surface area (Å²) in [5.41, 5.74) is 0. The molecule has 0 bridgehead atoms. The topological polar surface area (TPSA) is 86.7 Å². The minimum absolute atomic E-state index is 0.151. The van der Waals surface area contributed by atoms with Gasteiger partial charge in [0.25, 0.3) is 20.2 Å². The van der Waals surface area contributed by atoms with Crippen LogP contribution in [-0.2, 0) is 28.6 Å². The molecule has 0 unspecified atom stereocenters. The highest BCUT2D eigenvalue weighted by Gasteiger charge is 2.35. The molecule has 2 atom stereocenters. The molecule has 0 aromatic heterocycles. The van der Waals surface area contributed by atoms with E-state index in [1.807, 2.05) is 0 Å². The van der Waals surface area contributed by atoms with Crippen LogP contribution in [-0.4, -0.2) is 41.6 Å². The van der Waals surface area contributed by atoms with Gasteiger partial charge in [-0.1, -0.05) is 38.5 Å². The van der Waals surface area contributed by atoms with Crippen molar-refractivity contribution >= 4 is 20.2 Å². The Hall–Kier alpha value is -0.180. The van der Waals surface area contributed by atoms with Crippen LogP contribution in [0.3, 0.4) is 0 Å². The van der Waals surface area contributed by atoms with Gasteiger partial charge < -0.3 is 0 Å². The molecule has 2 aliphatic carbocycles. The van der Waals surface area contributed by atoms with Crippen LogP contribution in [0.25, 0.3) is 0 Å². The summed E-state index contributed by atoms with van der Waals surface area (Å²) in [4.78, 5) is 0. The van der Waals surface area contributed by atoms with Gasteiger partial charge in [0.05, 0.1) is 24.7 Å². The van der Waals surface area contributed by atoms with Crippen LogP contribution in [0.2, 0.25) is 0 Å². The Morgan fingerprint density at radius 3 is 1.28 bits per heavy atom. The summed E-state index contributed by atoms with van der Waals surface area (Å²) in [6, 6.07) is 0. The zero-order valence-electron chi connectivity index (χ0n) is 15.4. The molecule has 0 N–H and O–H groups in total. The predicted octanol–water partition coefficient (Wildman–Crippen LogP) is 3.23. The van der Waals surface area contributed by atoms with E-state index in [9.17, 15) is 16.8 Å². The SMILES string of the molecule is CS(=O)(=O)O[C@H](C[C@@H](OS(C)(=O)=O)C1CCCCC1)C1CCCCC1. The molecule has 0 amide bonds. The fraction of sp³-hybridized carbons (Fsp3) is 1.00. The molecule has 6 nitrogen and oxygen atoms in total. The van der Waals surface area contributed by atoms with Crippen LogP contribution in [0, 0.1) is 11.8 Å². The standard InChI is InChI=1S/C17H32O6S2/c1-24(18,19)22-16(14-9-5-3-6-10-14)13-17(23-25(2,20)21)15-11-7-4-8-12-15/h14-17H,3-13H2,1-2H3/t16-,17-/m1/s1. The Kier molecular flexibility index (Phi) is 7.73. The van der Waals surface area contributed by atoms with E-state index in [1.54, 1.807) is 0 Å². The molecule has 2 aliphatic rings. The Balaban J connectivity index is 2.16. The second kappa shape index (κ2) is 9.15. The van der Waals surface area contributed by atoms with Gasteiger partial charge in [-0.3, -0.25) is 8.37 Å². The van der Waals surface area contributed by atoms with Crippen molar-refractivity contribution in [3.63, 3.8) is 0 Å². The molecule has 25 heavy (non-hydrogen) atoms. The van der Waals surface area contributed by atoms with E-state index in [1.165, 1.54) is 0 Å². The van der Waals surface area contributed by atoms with Crippen molar-refractivity contribution in [2.24, 2.45) is 11.8 Å². The molecule has 0 radical (unpaired) electrons. The first-order valence-electron chi connectivity index (χ1n) is 9.40. The van der Waals surface area contributed by atoms with E-state index in [2.05, 4.69) is 0 Å². The summed E-state index contributed by atoms with van der Waals surface area (Å²) >= 11 is 0. The van der Waals surface area contributed by atoms with E-state index in [0.29, 0.717) is 6.42 Å². The van der Waals surface area contributed by atoms with Crippen molar-refractivity contribution in [1.82, 2.24) is 0 Å². The predicted molar refractivity (Wildman–Crippen MR) is 97.2 cm³/mol. The number of hydrogen-bond acceptors (Lipinski definition) is 6. The second-order valence-corrected chi connectivity index (χ2v) is 10.9. The Bertz CT molecular complexity index is 547. The van der Waals surface area contributed by atoms with Crippen LogP contribution in [0.15, 0.2) is 0 Å². The largest absolute Gasteiger partial charge is 0.267 e. The van der Waals surface area contributed by atoms with Gasteiger partial charge >= 0.3 is 0 Å². The average molecular weight is 397 g/mol. The molecule has 0 aliphatic heterocycles. The molecule has 2 fully saturated rings.